The van der Waals surface area contributed by atoms with Crippen LogP contribution in [-0.4, -0.2) is 31.7 Å². The van der Waals surface area contributed by atoms with E-state index in [1.54, 1.807) is 51.0 Å². The topological polar surface area (TPSA) is 79.1 Å². The number of rotatable bonds is 6. The molecule has 1 unspecified atom stereocenters. The van der Waals surface area contributed by atoms with Gasteiger partial charge < -0.3 is 14.2 Å². The van der Waals surface area contributed by atoms with Crippen molar-refractivity contribution in [2.24, 2.45) is 4.99 Å². The first kappa shape index (κ1) is 22.5. The highest BCUT2D eigenvalue weighted by atomic mass is 32.1. The predicted molar refractivity (Wildman–Crippen MR) is 127 cm³/mol. The third-order valence-electron chi connectivity index (χ3n) is 5.56. The van der Waals surface area contributed by atoms with Gasteiger partial charge in [-0.1, -0.05) is 29.5 Å². The number of thiazole rings is 1. The summed E-state index contributed by atoms with van der Waals surface area (Å²) in [5, 5.41) is 0. The number of benzene rings is 2. The molecule has 0 saturated heterocycles. The Balaban J connectivity index is 2.01. The molecule has 2 aromatic carbocycles. The van der Waals surface area contributed by atoms with Crippen molar-refractivity contribution in [1.82, 2.24) is 4.57 Å². The van der Waals surface area contributed by atoms with Crippen LogP contribution in [0.3, 0.4) is 0 Å². The monoisotopic (exact) mass is 464 g/mol. The van der Waals surface area contributed by atoms with E-state index in [1.807, 2.05) is 30.3 Å². The smallest absolute Gasteiger partial charge is 0.271 e. The fourth-order valence-electron chi connectivity index (χ4n) is 4.04. The second kappa shape index (κ2) is 9.07. The van der Waals surface area contributed by atoms with E-state index < -0.39 is 6.04 Å². The molecule has 0 amide bonds. The van der Waals surface area contributed by atoms with Gasteiger partial charge in [0, 0.05) is 28.5 Å². The minimum absolute atomic E-state index is 0.155. The molecule has 0 aliphatic carbocycles. The van der Waals surface area contributed by atoms with Crippen LogP contribution in [0.4, 0.5) is 0 Å². The number of fused-ring (bicyclic) bond motifs is 1. The van der Waals surface area contributed by atoms with Crippen LogP contribution in [0.15, 0.2) is 63.5 Å². The number of aromatic nitrogens is 1. The van der Waals surface area contributed by atoms with Crippen LogP contribution in [-0.2, 0) is 4.79 Å². The van der Waals surface area contributed by atoms with Crippen molar-refractivity contribution in [3.63, 3.8) is 0 Å². The average Bonchev–Trinajstić information content (AvgIpc) is 3.12. The third-order valence-corrected chi connectivity index (χ3v) is 6.54. The molecule has 3 aromatic rings. The average molecular weight is 465 g/mol. The lowest BCUT2D eigenvalue weighted by molar-refractivity contribution is -0.114. The van der Waals surface area contributed by atoms with Crippen LogP contribution in [0.5, 0.6) is 17.2 Å². The number of Topliss-reactive ketones (excluding diaryl/α,β-unsaturated/α-hetero) is 1. The molecule has 0 fully saturated rings. The molecule has 4 rings (SSSR count). The van der Waals surface area contributed by atoms with Gasteiger partial charge in [-0.25, -0.2) is 4.99 Å². The minimum Gasteiger partial charge on any atom is -0.497 e. The predicted octanol–water partition coefficient (Wildman–Crippen LogP) is 2.85. The van der Waals surface area contributed by atoms with Crippen molar-refractivity contribution < 1.29 is 19.0 Å². The largest absolute Gasteiger partial charge is 0.497 e. The molecule has 0 bridgehead atoms. The summed E-state index contributed by atoms with van der Waals surface area (Å²) in [7, 11) is 4.71. The molecule has 1 aromatic heterocycles. The van der Waals surface area contributed by atoms with E-state index in [2.05, 4.69) is 4.99 Å². The summed E-state index contributed by atoms with van der Waals surface area (Å²) in [6.07, 6.45) is 1.79. The van der Waals surface area contributed by atoms with Crippen molar-refractivity contribution in [2.75, 3.05) is 21.3 Å². The first-order chi connectivity index (χ1) is 15.9. The summed E-state index contributed by atoms with van der Waals surface area (Å²) >= 11 is 1.27. The summed E-state index contributed by atoms with van der Waals surface area (Å²) in [5.74, 6) is 1.65. The number of allylic oxidation sites excluding steroid dienone is 2. The standard InChI is InChI=1S/C25H24N2O5S/c1-14-22(15(2)28)23(18-11-10-17(30-3)13-20(18)32-5)27-24(29)21(33-25(27)26-14)12-16-8-6-7-9-19(16)31-4/h6-13,23H,1-5H3/b21-12+. The lowest BCUT2D eigenvalue weighted by Gasteiger charge is -2.26. The Labute approximate surface area is 194 Å². The van der Waals surface area contributed by atoms with Crippen LogP contribution in [0, 0.1) is 0 Å². The summed E-state index contributed by atoms with van der Waals surface area (Å²) < 4.78 is 18.4. The van der Waals surface area contributed by atoms with Gasteiger partial charge in [-0.15, -0.1) is 0 Å². The maximum Gasteiger partial charge on any atom is 0.271 e. The first-order valence-corrected chi connectivity index (χ1v) is 11.1. The molecule has 1 aliphatic heterocycles. The van der Waals surface area contributed by atoms with Crippen molar-refractivity contribution in [3.05, 3.63) is 84.5 Å². The molecule has 170 valence electrons. The second-order valence-corrected chi connectivity index (χ2v) is 8.50. The van der Waals surface area contributed by atoms with Gasteiger partial charge in [-0.05, 0) is 38.1 Å². The van der Waals surface area contributed by atoms with E-state index in [9.17, 15) is 9.59 Å². The zero-order valence-electron chi connectivity index (χ0n) is 19.0. The Hall–Kier alpha value is -3.65. The van der Waals surface area contributed by atoms with Crippen molar-refractivity contribution in [2.45, 2.75) is 19.9 Å². The highest BCUT2D eigenvalue weighted by molar-refractivity contribution is 7.07. The first-order valence-electron chi connectivity index (χ1n) is 10.3. The molecule has 2 heterocycles. The summed E-state index contributed by atoms with van der Waals surface area (Å²) in [5.41, 5.74) is 2.26. The van der Waals surface area contributed by atoms with Crippen molar-refractivity contribution >= 4 is 23.2 Å². The number of carbonyl (C=O) groups excluding carboxylic acids is 1. The Bertz CT molecular complexity index is 1450. The van der Waals surface area contributed by atoms with Gasteiger partial charge in [0.1, 0.15) is 17.2 Å². The normalized spacial score (nSPS) is 15.7. The molecular weight excluding hydrogens is 440 g/mol. The van der Waals surface area contributed by atoms with Crippen molar-refractivity contribution in [1.29, 1.82) is 0 Å². The Kier molecular flexibility index (Phi) is 6.20. The zero-order chi connectivity index (χ0) is 23.7. The summed E-state index contributed by atoms with van der Waals surface area (Å²) in [6, 6.07) is 12.2. The van der Waals surface area contributed by atoms with E-state index in [0.717, 1.165) is 5.56 Å². The SMILES string of the molecule is COc1ccc(C2C(C(C)=O)=C(C)N=c3s/c(=C/c4ccccc4OC)c(=O)n32)c(OC)c1. The quantitative estimate of drug-likeness (QED) is 0.561. The van der Waals surface area contributed by atoms with Crippen LogP contribution < -0.4 is 29.1 Å². The second-order valence-electron chi connectivity index (χ2n) is 7.49. The van der Waals surface area contributed by atoms with E-state index in [0.29, 0.717) is 43.4 Å². The molecule has 8 heteroatoms. The van der Waals surface area contributed by atoms with E-state index in [1.165, 1.54) is 18.3 Å². The van der Waals surface area contributed by atoms with Crippen LogP contribution in [0.25, 0.3) is 6.08 Å². The van der Waals surface area contributed by atoms with E-state index in [4.69, 9.17) is 14.2 Å². The summed E-state index contributed by atoms with van der Waals surface area (Å²) in [6.45, 7) is 3.28. The lowest BCUT2D eigenvalue weighted by atomic mass is 9.92. The number of methoxy groups -OCH3 is 3. The fourth-order valence-corrected chi connectivity index (χ4v) is 5.07. The van der Waals surface area contributed by atoms with Gasteiger partial charge >= 0.3 is 0 Å². The van der Waals surface area contributed by atoms with Gasteiger partial charge in [0.05, 0.1) is 31.9 Å². The minimum atomic E-state index is -0.667. The van der Waals surface area contributed by atoms with E-state index >= 15 is 0 Å². The van der Waals surface area contributed by atoms with Gasteiger partial charge in [-0.3, -0.25) is 14.2 Å². The molecule has 1 aliphatic rings. The molecule has 0 saturated carbocycles. The van der Waals surface area contributed by atoms with Crippen molar-refractivity contribution in [3.8, 4) is 17.2 Å². The highest BCUT2D eigenvalue weighted by Crippen LogP contribution is 2.37. The summed E-state index contributed by atoms with van der Waals surface area (Å²) in [4.78, 5) is 31.5. The molecule has 0 radical (unpaired) electrons. The van der Waals surface area contributed by atoms with Gasteiger partial charge in [0.25, 0.3) is 5.56 Å². The Morgan fingerprint density at radius 3 is 2.45 bits per heavy atom. The van der Waals surface area contributed by atoms with Crippen LogP contribution >= 0.6 is 11.3 Å². The number of ether oxygens (including phenoxy) is 3. The number of carbonyl (C=O) groups is 1. The molecule has 33 heavy (non-hydrogen) atoms. The van der Waals surface area contributed by atoms with Crippen LogP contribution in [0.1, 0.15) is 31.0 Å². The fraction of sp³-hybridized carbons (Fsp3) is 0.240. The molecule has 0 spiro atoms. The number of nitrogens with zero attached hydrogens (tertiary/aromatic N) is 2. The Morgan fingerprint density at radius 1 is 1.06 bits per heavy atom. The molecule has 0 N–H and O–H groups in total. The maximum atomic E-state index is 13.6. The zero-order valence-corrected chi connectivity index (χ0v) is 19.9. The number of hydrogen-bond acceptors (Lipinski definition) is 7. The lowest BCUT2D eigenvalue weighted by Crippen LogP contribution is -2.39. The van der Waals surface area contributed by atoms with Gasteiger partial charge in [-0.2, -0.15) is 0 Å². The van der Waals surface area contributed by atoms with E-state index in [-0.39, 0.29) is 11.3 Å². The number of hydrogen-bond donors (Lipinski definition) is 0. The molecule has 7 nitrogen and oxygen atoms in total. The number of ketones is 1. The third kappa shape index (κ3) is 3.98. The molecular formula is C25H24N2O5S. The maximum absolute atomic E-state index is 13.6. The Morgan fingerprint density at radius 2 is 1.79 bits per heavy atom. The number of para-hydroxylation sites is 1. The van der Waals surface area contributed by atoms with Crippen LogP contribution in [0.2, 0.25) is 0 Å². The van der Waals surface area contributed by atoms with Gasteiger partial charge in [0.15, 0.2) is 10.6 Å². The molecule has 1 atom stereocenters. The van der Waals surface area contributed by atoms with Gasteiger partial charge in [0.2, 0.25) is 0 Å². The highest BCUT2D eigenvalue weighted by Gasteiger charge is 2.32.